The highest BCUT2D eigenvalue weighted by Gasteiger charge is 2.23. The number of aliphatic hydroxyl groups is 1. The highest BCUT2D eigenvalue weighted by atomic mass is 16.5. The van der Waals surface area contributed by atoms with Crippen LogP contribution in [-0.4, -0.2) is 66.9 Å². The van der Waals surface area contributed by atoms with Crippen molar-refractivity contribution < 1.29 is 23.8 Å². The van der Waals surface area contributed by atoms with E-state index in [0.29, 0.717) is 29.8 Å². The molecule has 36 heavy (non-hydrogen) atoms. The van der Waals surface area contributed by atoms with Gasteiger partial charge in [0.05, 0.1) is 24.1 Å². The first-order valence-corrected chi connectivity index (χ1v) is 12.4. The van der Waals surface area contributed by atoms with Crippen molar-refractivity contribution in [1.29, 1.82) is 0 Å². The monoisotopic (exact) mass is 496 g/mol. The minimum Gasteiger partial charge on any atom is -0.497 e. The Hall–Kier alpha value is -3.01. The maximum Gasteiger partial charge on any atom is 0.160 e. The number of aromatic nitrogens is 3. The summed E-state index contributed by atoms with van der Waals surface area (Å²) in [4.78, 5) is 10.0. The van der Waals surface area contributed by atoms with Crippen LogP contribution in [0.1, 0.15) is 35.6 Å². The van der Waals surface area contributed by atoms with Gasteiger partial charge in [0, 0.05) is 37.1 Å². The molecule has 194 valence electrons. The van der Waals surface area contributed by atoms with Crippen molar-refractivity contribution in [1.82, 2.24) is 20.4 Å². The van der Waals surface area contributed by atoms with E-state index < -0.39 is 6.10 Å². The zero-order valence-corrected chi connectivity index (χ0v) is 21.8. The molecule has 2 N–H and O–H groups in total. The van der Waals surface area contributed by atoms with E-state index in [4.69, 9.17) is 28.7 Å². The van der Waals surface area contributed by atoms with E-state index >= 15 is 0 Å². The molecule has 0 saturated carbocycles. The Kier molecular flexibility index (Phi) is 8.56. The Morgan fingerprint density at radius 1 is 1.11 bits per heavy atom. The van der Waals surface area contributed by atoms with E-state index in [9.17, 15) is 5.11 Å². The summed E-state index contributed by atoms with van der Waals surface area (Å²) >= 11 is 0. The summed E-state index contributed by atoms with van der Waals surface area (Å²) in [5.74, 6) is 3.02. The number of aryl methyl sites for hydroxylation is 2. The van der Waals surface area contributed by atoms with Gasteiger partial charge < -0.3 is 29.2 Å². The van der Waals surface area contributed by atoms with Crippen molar-refractivity contribution in [2.24, 2.45) is 5.92 Å². The zero-order valence-electron chi connectivity index (χ0n) is 21.8. The highest BCUT2D eigenvalue weighted by molar-refractivity contribution is 5.71. The Labute approximate surface area is 212 Å². The van der Waals surface area contributed by atoms with Gasteiger partial charge in [0.2, 0.25) is 0 Å². The summed E-state index contributed by atoms with van der Waals surface area (Å²) < 4.78 is 22.5. The second-order valence-electron chi connectivity index (χ2n) is 9.35. The van der Waals surface area contributed by atoms with Crippen molar-refractivity contribution in [3.05, 3.63) is 40.9 Å². The third-order valence-corrected chi connectivity index (χ3v) is 6.60. The van der Waals surface area contributed by atoms with E-state index in [0.717, 1.165) is 72.0 Å². The first-order chi connectivity index (χ1) is 17.4. The number of likely N-dealkylation sites (N-methyl/N-ethyl adjacent to an activating group) is 1. The van der Waals surface area contributed by atoms with Crippen LogP contribution in [0.2, 0.25) is 0 Å². The summed E-state index contributed by atoms with van der Waals surface area (Å²) in [5, 5.41) is 17.2. The standard InChI is InChI=1S/C27H36N4O5/c1-16-24(10-19-6-8-34-9-7-19)29-27(30-26(16)25-17(2)31-36-18(25)3)20-11-22(33-5)13-23(12-20)35-15-21(32)14-28-4/h11-13,19,21,28,32H,6-10,14-15H2,1-5H3. The van der Waals surface area contributed by atoms with Gasteiger partial charge in [-0.3, -0.25) is 0 Å². The van der Waals surface area contributed by atoms with Crippen LogP contribution in [0.4, 0.5) is 0 Å². The van der Waals surface area contributed by atoms with E-state index in [1.165, 1.54) is 0 Å². The zero-order chi connectivity index (χ0) is 25.7. The SMILES string of the molecule is CNCC(O)COc1cc(OC)cc(-c2nc(CC3CCOCC3)c(C)c(-c3c(C)noc3C)n2)c1. The van der Waals surface area contributed by atoms with Gasteiger partial charge in [-0.15, -0.1) is 0 Å². The third-order valence-electron chi connectivity index (χ3n) is 6.60. The number of ether oxygens (including phenoxy) is 3. The topological polar surface area (TPSA) is 112 Å². The van der Waals surface area contributed by atoms with Crippen molar-refractivity contribution >= 4 is 0 Å². The number of hydrogen-bond donors (Lipinski definition) is 2. The molecule has 9 nitrogen and oxygen atoms in total. The minimum atomic E-state index is -0.627. The molecule has 1 unspecified atom stereocenters. The van der Waals surface area contributed by atoms with Gasteiger partial charge in [0.15, 0.2) is 5.82 Å². The van der Waals surface area contributed by atoms with Crippen LogP contribution in [0.3, 0.4) is 0 Å². The number of benzene rings is 1. The smallest absolute Gasteiger partial charge is 0.160 e. The van der Waals surface area contributed by atoms with E-state index in [2.05, 4.69) is 17.4 Å². The molecule has 1 aliphatic heterocycles. The summed E-state index contributed by atoms with van der Waals surface area (Å²) in [5.41, 5.74) is 5.34. The molecule has 9 heteroatoms. The Balaban J connectivity index is 1.77. The molecule has 0 amide bonds. The van der Waals surface area contributed by atoms with Crippen molar-refractivity contribution in [3.63, 3.8) is 0 Å². The van der Waals surface area contributed by atoms with Gasteiger partial charge in [-0.1, -0.05) is 5.16 Å². The van der Waals surface area contributed by atoms with Gasteiger partial charge in [-0.2, -0.15) is 0 Å². The molecular formula is C27H36N4O5. The van der Waals surface area contributed by atoms with E-state index in [1.54, 1.807) is 20.2 Å². The lowest BCUT2D eigenvalue weighted by Crippen LogP contribution is -2.29. The summed E-state index contributed by atoms with van der Waals surface area (Å²) in [6.07, 6.45) is 2.26. The van der Waals surface area contributed by atoms with Crippen molar-refractivity contribution in [3.8, 4) is 34.1 Å². The summed E-state index contributed by atoms with van der Waals surface area (Å²) in [6, 6.07) is 5.58. The molecular weight excluding hydrogens is 460 g/mol. The van der Waals surface area contributed by atoms with Gasteiger partial charge >= 0.3 is 0 Å². The predicted molar refractivity (Wildman–Crippen MR) is 136 cm³/mol. The lowest BCUT2D eigenvalue weighted by atomic mass is 9.92. The predicted octanol–water partition coefficient (Wildman–Crippen LogP) is 3.66. The van der Waals surface area contributed by atoms with E-state index in [1.807, 2.05) is 26.0 Å². The lowest BCUT2D eigenvalue weighted by molar-refractivity contribution is 0.0662. The normalized spacial score (nSPS) is 15.2. The summed E-state index contributed by atoms with van der Waals surface area (Å²) in [6.45, 7) is 8.07. The largest absolute Gasteiger partial charge is 0.497 e. The van der Waals surface area contributed by atoms with Gasteiger partial charge in [0.25, 0.3) is 0 Å². The molecule has 0 bridgehead atoms. The second-order valence-corrected chi connectivity index (χ2v) is 9.35. The molecule has 4 rings (SSSR count). The number of hydrogen-bond acceptors (Lipinski definition) is 9. The quantitative estimate of drug-likeness (QED) is 0.434. The lowest BCUT2D eigenvalue weighted by Gasteiger charge is -2.23. The first-order valence-electron chi connectivity index (χ1n) is 12.4. The summed E-state index contributed by atoms with van der Waals surface area (Å²) in [7, 11) is 3.40. The Morgan fingerprint density at radius 3 is 2.53 bits per heavy atom. The first kappa shape index (κ1) is 26.1. The fourth-order valence-corrected chi connectivity index (χ4v) is 4.57. The third kappa shape index (κ3) is 6.03. The van der Waals surface area contributed by atoms with Crippen LogP contribution in [0.25, 0.3) is 22.6 Å². The Bertz CT molecular complexity index is 1150. The molecule has 1 fully saturated rings. The molecule has 0 aliphatic carbocycles. The molecule has 1 saturated heterocycles. The number of aliphatic hydroxyl groups excluding tert-OH is 1. The number of methoxy groups -OCH3 is 1. The molecule has 1 aromatic carbocycles. The second kappa shape index (κ2) is 11.8. The average molecular weight is 497 g/mol. The molecule has 2 aromatic heterocycles. The highest BCUT2D eigenvalue weighted by Crippen LogP contribution is 2.35. The van der Waals surface area contributed by atoms with Crippen LogP contribution < -0.4 is 14.8 Å². The van der Waals surface area contributed by atoms with Crippen LogP contribution in [0.5, 0.6) is 11.5 Å². The van der Waals surface area contributed by atoms with Gasteiger partial charge in [-0.05, 0) is 70.7 Å². The molecule has 3 aromatic rings. The molecule has 3 heterocycles. The van der Waals surface area contributed by atoms with Crippen molar-refractivity contribution in [2.75, 3.05) is 40.5 Å². The number of nitrogens with one attached hydrogen (secondary N) is 1. The van der Waals surface area contributed by atoms with Crippen LogP contribution >= 0.6 is 0 Å². The van der Waals surface area contributed by atoms with E-state index in [-0.39, 0.29) is 6.61 Å². The Morgan fingerprint density at radius 2 is 1.86 bits per heavy atom. The van der Waals surface area contributed by atoms with Gasteiger partial charge in [-0.25, -0.2) is 9.97 Å². The molecule has 1 aliphatic rings. The number of nitrogens with zero attached hydrogens (tertiary/aromatic N) is 3. The van der Waals surface area contributed by atoms with Crippen LogP contribution in [0.15, 0.2) is 22.7 Å². The molecule has 0 radical (unpaired) electrons. The number of rotatable bonds is 10. The maximum atomic E-state index is 10.1. The molecule has 1 atom stereocenters. The van der Waals surface area contributed by atoms with Crippen molar-refractivity contribution in [2.45, 2.75) is 46.1 Å². The average Bonchev–Trinajstić information content (AvgIpc) is 3.22. The van der Waals surface area contributed by atoms with Gasteiger partial charge in [0.1, 0.15) is 30.0 Å². The fraction of sp³-hybridized carbons (Fsp3) is 0.519. The minimum absolute atomic E-state index is 0.154. The van der Waals surface area contributed by atoms with Crippen LogP contribution in [0, 0.1) is 26.7 Å². The fourth-order valence-electron chi connectivity index (χ4n) is 4.57. The van der Waals surface area contributed by atoms with Crippen LogP contribution in [-0.2, 0) is 11.2 Å². The maximum absolute atomic E-state index is 10.1. The molecule has 0 spiro atoms.